The molecule has 0 aromatic carbocycles. The van der Waals surface area contributed by atoms with Gasteiger partial charge in [0.25, 0.3) is 0 Å². The van der Waals surface area contributed by atoms with Crippen LogP contribution in [-0.4, -0.2) is 24.9 Å². The van der Waals surface area contributed by atoms with E-state index < -0.39 is 0 Å². The molecule has 6 nitrogen and oxygen atoms in total. The smallest absolute Gasteiger partial charge is 0.236 e. The molecule has 21 heavy (non-hydrogen) atoms. The van der Waals surface area contributed by atoms with Crippen LogP contribution in [0.1, 0.15) is 17.3 Å². The molecule has 0 saturated heterocycles. The number of aromatic nitrogens is 4. The monoisotopic (exact) mass is 322 g/mol. The van der Waals surface area contributed by atoms with Crippen molar-refractivity contribution in [3.8, 4) is 10.8 Å². The van der Waals surface area contributed by atoms with E-state index in [0.29, 0.717) is 17.5 Å². The Morgan fingerprint density at radius 2 is 2.29 bits per heavy atom. The maximum atomic E-state index is 9.11. The van der Waals surface area contributed by atoms with Gasteiger partial charge >= 0.3 is 0 Å². The summed E-state index contributed by atoms with van der Waals surface area (Å²) in [6.45, 7) is 1.80. The predicted octanol–water partition coefficient (Wildman–Crippen LogP) is 2.62. The van der Waals surface area contributed by atoms with Crippen molar-refractivity contribution >= 4 is 23.1 Å². The minimum absolute atomic E-state index is 0.116. The van der Waals surface area contributed by atoms with Crippen molar-refractivity contribution in [1.29, 1.82) is 0 Å². The van der Waals surface area contributed by atoms with Crippen molar-refractivity contribution in [2.24, 2.45) is 7.05 Å². The fourth-order valence-corrected chi connectivity index (χ4v) is 3.39. The number of aliphatic hydroxyl groups excluding tert-OH is 1. The third kappa shape index (κ3) is 2.87. The minimum atomic E-state index is -0.116. The van der Waals surface area contributed by atoms with E-state index >= 15 is 0 Å². The summed E-state index contributed by atoms with van der Waals surface area (Å²) in [5.74, 6) is 2.68. The zero-order valence-electron chi connectivity index (χ0n) is 11.6. The summed E-state index contributed by atoms with van der Waals surface area (Å²) in [7, 11) is 1.83. The average molecular weight is 322 g/mol. The maximum absolute atomic E-state index is 9.11. The Labute approximate surface area is 129 Å². The van der Waals surface area contributed by atoms with Gasteiger partial charge in [-0.15, -0.1) is 21.5 Å². The molecule has 0 bridgehead atoms. The number of hydrogen-bond acceptors (Lipinski definition) is 7. The van der Waals surface area contributed by atoms with E-state index in [4.69, 9.17) is 9.52 Å². The highest BCUT2D eigenvalue weighted by Crippen LogP contribution is 2.29. The highest BCUT2D eigenvalue weighted by Gasteiger charge is 2.14. The Morgan fingerprint density at radius 3 is 2.95 bits per heavy atom. The largest absolute Gasteiger partial charge is 0.440 e. The number of oxazole rings is 1. The van der Waals surface area contributed by atoms with Crippen LogP contribution in [-0.2, 0) is 19.4 Å². The predicted molar refractivity (Wildman–Crippen MR) is 81.0 cm³/mol. The van der Waals surface area contributed by atoms with Gasteiger partial charge in [0.2, 0.25) is 5.89 Å². The van der Waals surface area contributed by atoms with Crippen LogP contribution in [0.25, 0.3) is 10.8 Å². The van der Waals surface area contributed by atoms with Gasteiger partial charge in [0.05, 0.1) is 10.6 Å². The first-order valence-electron chi connectivity index (χ1n) is 6.31. The molecular weight excluding hydrogens is 308 g/mol. The summed E-state index contributed by atoms with van der Waals surface area (Å²) in [5, 5.41) is 19.8. The SMILES string of the molecule is Cc1oc(-c2cccs2)nc1CSc1nnc(CO)n1C. The third-order valence-corrected chi connectivity index (χ3v) is 4.92. The first-order chi connectivity index (χ1) is 10.2. The second kappa shape index (κ2) is 6.00. The first kappa shape index (κ1) is 14.3. The maximum Gasteiger partial charge on any atom is 0.236 e. The van der Waals surface area contributed by atoms with Crippen molar-refractivity contribution in [1.82, 2.24) is 19.7 Å². The third-order valence-electron chi connectivity index (χ3n) is 3.03. The van der Waals surface area contributed by atoms with E-state index in [-0.39, 0.29) is 6.61 Å². The van der Waals surface area contributed by atoms with E-state index in [2.05, 4.69) is 15.2 Å². The number of aliphatic hydroxyl groups is 1. The van der Waals surface area contributed by atoms with Crippen LogP contribution in [0.5, 0.6) is 0 Å². The molecule has 110 valence electrons. The van der Waals surface area contributed by atoms with Crippen LogP contribution in [0.15, 0.2) is 27.1 Å². The average Bonchev–Trinajstić information content (AvgIpc) is 3.17. The normalized spacial score (nSPS) is 11.2. The zero-order chi connectivity index (χ0) is 14.8. The number of hydrogen-bond donors (Lipinski definition) is 1. The summed E-state index contributed by atoms with van der Waals surface area (Å²) in [4.78, 5) is 5.56. The lowest BCUT2D eigenvalue weighted by Gasteiger charge is -2.00. The lowest BCUT2D eigenvalue weighted by atomic mass is 10.4. The van der Waals surface area contributed by atoms with Gasteiger partial charge in [0.15, 0.2) is 11.0 Å². The molecule has 0 atom stereocenters. The second-order valence-electron chi connectivity index (χ2n) is 4.40. The molecule has 0 amide bonds. The molecule has 1 N–H and O–H groups in total. The van der Waals surface area contributed by atoms with E-state index in [1.807, 2.05) is 31.5 Å². The number of rotatable bonds is 5. The highest BCUT2D eigenvalue weighted by molar-refractivity contribution is 7.98. The Balaban J connectivity index is 1.75. The van der Waals surface area contributed by atoms with Crippen molar-refractivity contribution in [2.45, 2.75) is 24.4 Å². The molecule has 0 aliphatic heterocycles. The Hall–Kier alpha value is -1.64. The molecule has 0 aliphatic rings. The van der Waals surface area contributed by atoms with Gasteiger partial charge in [-0.3, -0.25) is 0 Å². The molecular formula is C13H14N4O2S2. The molecule has 0 spiro atoms. The lowest BCUT2D eigenvalue weighted by molar-refractivity contribution is 0.266. The molecule has 8 heteroatoms. The molecule has 0 radical (unpaired) electrons. The van der Waals surface area contributed by atoms with Crippen LogP contribution in [0, 0.1) is 6.92 Å². The summed E-state index contributed by atoms with van der Waals surface area (Å²) in [6, 6.07) is 3.97. The summed E-state index contributed by atoms with van der Waals surface area (Å²) < 4.78 is 7.49. The number of aryl methyl sites for hydroxylation is 1. The van der Waals surface area contributed by atoms with Gasteiger partial charge in [0.1, 0.15) is 12.4 Å². The first-order valence-corrected chi connectivity index (χ1v) is 8.17. The van der Waals surface area contributed by atoms with Gasteiger partial charge in [0, 0.05) is 12.8 Å². The summed E-state index contributed by atoms with van der Waals surface area (Å²) in [6.07, 6.45) is 0. The minimum Gasteiger partial charge on any atom is -0.440 e. The summed E-state index contributed by atoms with van der Waals surface area (Å²) >= 11 is 3.12. The number of thiophene rings is 1. The van der Waals surface area contributed by atoms with Crippen molar-refractivity contribution in [3.63, 3.8) is 0 Å². The molecule has 0 aliphatic carbocycles. The second-order valence-corrected chi connectivity index (χ2v) is 6.29. The molecule has 0 unspecified atom stereocenters. The Morgan fingerprint density at radius 1 is 1.43 bits per heavy atom. The van der Waals surface area contributed by atoms with E-state index in [1.54, 1.807) is 15.9 Å². The molecule has 3 rings (SSSR count). The van der Waals surface area contributed by atoms with Crippen LogP contribution in [0.2, 0.25) is 0 Å². The molecule has 0 saturated carbocycles. The van der Waals surface area contributed by atoms with Gasteiger partial charge in [-0.05, 0) is 18.4 Å². The topological polar surface area (TPSA) is 77.0 Å². The lowest BCUT2D eigenvalue weighted by Crippen LogP contribution is -1.98. The summed E-state index contributed by atoms with van der Waals surface area (Å²) in [5.41, 5.74) is 0.900. The van der Waals surface area contributed by atoms with Crippen LogP contribution >= 0.6 is 23.1 Å². The van der Waals surface area contributed by atoms with Gasteiger partial charge in [-0.2, -0.15) is 0 Å². The molecule has 3 heterocycles. The van der Waals surface area contributed by atoms with E-state index in [0.717, 1.165) is 21.5 Å². The van der Waals surface area contributed by atoms with Crippen molar-refractivity contribution < 1.29 is 9.52 Å². The fourth-order valence-electron chi connectivity index (χ4n) is 1.81. The van der Waals surface area contributed by atoms with Crippen molar-refractivity contribution in [2.75, 3.05) is 0 Å². The quantitative estimate of drug-likeness (QED) is 0.728. The molecule has 3 aromatic heterocycles. The van der Waals surface area contributed by atoms with Gasteiger partial charge in [-0.25, -0.2) is 4.98 Å². The Kier molecular flexibility index (Phi) is 4.09. The molecule has 0 fully saturated rings. The van der Waals surface area contributed by atoms with Crippen LogP contribution in [0.4, 0.5) is 0 Å². The number of thioether (sulfide) groups is 1. The van der Waals surface area contributed by atoms with Crippen LogP contribution < -0.4 is 0 Å². The van der Waals surface area contributed by atoms with E-state index in [9.17, 15) is 0 Å². The number of nitrogens with zero attached hydrogens (tertiary/aromatic N) is 4. The van der Waals surface area contributed by atoms with Gasteiger partial charge in [-0.1, -0.05) is 17.8 Å². The standard InChI is InChI=1S/C13H14N4O2S2/c1-8-9(14-12(19-8)10-4-3-5-20-10)7-21-13-16-15-11(6-18)17(13)2/h3-5,18H,6-7H2,1-2H3. The van der Waals surface area contributed by atoms with Gasteiger partial charge < -0.3 is 14.1 Å². The fraction of sp³-hybridized carbons (Fsp3) is 0.308. The van der Waals surface area contributed by atoms with Crippen molar-refractivity contribution in [3.05, 3.63) is 34.8 Å². The zero-order valence-corrected chi connectivity index (χ0v) is 13.2. The Bertz CT molecular complexity index is 734. The highest BCUT2D eigenvalue weighted by atomic mass is 32.2. The van der Waals surface area contributed by atoms with E-state index in [1.165, 1.54) is 11.8 Å². The van der Waals surface area contributed by atoms with Crippen LogP contribution in [0.3, 0.4) is 0 Å². The molecule has 3 aromatic rings.